The van der Waals surface area contributed by atoms with Crippen LogP contribution in [0.15, 0.2) is 62.3 Å². The summed E-state index contributed by atoms with van der Waals surface area (Å²) >= 11 is 1.55. The van der Waals surface area contributed by atoms with Crippen LogP contribution < -0.4 is 10.8 Å². The highest BCUT2D eigenvalue weighted by Crippen LogP contribution is 2.23. The lowest BCUT2D eigenvalue weighted by Crippen LogP contribution is -2.24. The molecule has 0 saturated carbocycles. The van der Waals surface area contributed by atoms with Crippen molar-refractivity contribution in [2.45, 2.75) is 78.2 Å². The number of carbonyl (C=O) groups is 1. The van der Waals surface area contributed by atoms with Gasteiger partial charge >= 0.3 is 6.01 Å². The molecule has 0 aliphatic rings. The maximum absolute atomic E-state index is 10.8. The van der Waals surface area contributed by atoms with Crippen molar-refractivity contribution in [1.29, 1.82) is 0 Å². The van der Waals surface area contributed by atoms with Gasteiger partial charge in [0.05, 0.1) is 6.54 Å². The lowest BCUT2D eigenvalue weighted by Gasteiger charge is -2.09. The first-order valence-corrected chi connectivity index (χ1v) is 12.1. The van der Waals surface area contributed by atoms with E-state index in [0.29, 0.717) is 5.03 Å². The highest BCUT2D eigenvalue weighted by molar-refractivity contribution is 7.99. The number of hydroxylamine groups is 1. The summed E-state index contributed by atoms with van der Waals surface area (Å²) in [6, 6.07) is 0.0659. The third-order valence-electron chi connectivity index (χ3n) is 4.69. The Bertz CT molecular complexity index is 829. The number of oxazole rings is 1. The van der Waals surface area contributed by atoms with Gasteiger partial charge in [-0.1, -0.05) is 58.4 Å². The molecule has 0 fully saturated rings. The number of allylic oxidation sites excluding steroid dienone is 7. The largest absolute Gasteiger partial charge is 0.429 e. The Hall–Kier alpha value is -2.25. The Balaban J connectivity index is 2.60. The Morgan fingerprint density at radius 3 is 2.41 bits per heavy atom. The van der Waals surface area contributed by atoms with Crippen LogP contribution in [0.4, 0.5) is 6.01 Å². The molecule has 0 spiro atoms. The van der Waals surface area contributed by atoms with Gasteiger partial charge in [-0.3, -0.25) is 10.0 Å². The molecule has 1 heterocycles. The highest BCUT2D eigenvalue weighted by Gasteiger charge is 2.12. The molecule has 3 N–H and O–H groups in total. The number of rotatable bonds is 15. The van der Waals surface area contributed by atoms with Crippen LogP contribution in [0, 0.1) is 0 Å². The van der Waals surface area contributed by atoms with E-state index >= 15 is 0 Å². The van der Waals surface area contributed by atoms with Crippen LogP contribution >= 0.6 is 11.8 Å². The molecule has 178 valence electrons. The number of hydrogen-bond acceptors (Lipinski definition) is 6. The van der Waals surface area contributed by atoms with E-state index in [1.54, 1.807) is 11.8 Å². The van der Waals surface area contributed by atoms with E-state index in [-0.39, 0.29) is 19.0 Å². The Morgan fingerprint density at radius 2 is 1.75 bits per heavy atom. The molecule has 1 amide bonds. The molecule has 0 bridgehead atoms. The van der Waals surface area contributed by atoms with Gasteiger partial charge in [0.2, 0.25) is 5.91 Å². The molecule has 0 radical (unpaired) electrons. The van der Waals surface area contributed by atoms with Crippen LogP contribution in [0.2, 0.25) is 0 Å². The Morgan fingerprint density at radius 1 is 1.06 bits per heavy atom. The van der Waals surface area contributed by atoms with Gasteiger partial charge in [-0.05, 0) is 66.7 Å². The number of amides is 1. The van der Waals surface area contributed by atoms with Crippen molar-refractivity contribution in [2.75, 3.05) is 17.4 Å². The molecule has 1 aromatic rings. The first kappa shape index (κ1) is 27.8. The van der Waals surface area contributed by atoms with Gasteiger partial charge in [0, 0.05) is 12.2 Å². The summed E-state index contributed by atoms with van der Waals surface area (Å²) in [6.45, 7) is 10.8. The van der Waals surface area contributed by atoms with Gasteiger partial charge in [0.1, 0.15) is 11.3 Å². The number of thioether (sulfide) groups is 1. The van der Waals surface area contributed by atoms with Gasteiger partial charge in [-0.25, -0.2) is 5.06 Å². The van der Waals surface area contributed by atoms with E-state index < -0.39 is 5.91 Å². The molecule has 0 aromatic carbocycles. The minimum atomic E-state index is -0.489. The molecule has 1 rings (SSSR count). The van der Waals surface area contributed by atoms with E-state index in [0.717, 1.165) is 42.9 Å². The van der Waals surface area contributed by atoms with Gasteiger partial charge in [0.25, 0.3) is 0 Å². The average Bonchev–Trinajstić information content (AvgIpc) is 3.18. The maximum atomic E-state index is 10.8. The predicted octanol–water partition coefficient (Wildman–Crippen LogP) is 6.59. The Kier molecular flexibility index (Phi) is 13.5. The average molecular weight is 462 g/mol. The molecule has 0 aliphatic heterocycles. The quantitative estimate of drug-likeness (QED) is 0.174. The first-order chi connectivity index (χ1) is 15.2. The van der Waals surface area contributed by atoms with E-state index in [4.69, 9.17) is 10.2 Å². The zero-order valence-corrected chi connectivity index (χ0v) is 21.0. The molecule has 0 aliphatic carbocycles. The number of anilines is 1. The van der Waals surface area contributed by atoms with Gasteiger partial charge in [-0.15, -0.1) is 0 Å². The summed E-state index contributed by atoms with van der Waals surface area (Å²) in [6.07, 6.45) is 16.0. The number of hydrogen-bond donors (Lipinski definition) is 2. The van der Waals surface area contributed by atoms with Crippen molar-refractivity contribution >= 4 is 23.7 Å². The summed E-state index contributed by atoms with van der Waals surface area (Å²) in [5, 5.41) is 11.4. The molecular formula is C25H39N3O3S. The van der Waals surface area contributed by atoms with E-state index in [9.17, 15) is 10.0 Å². The lowest BCUT2D eigenvalue weighted by molar-refractivity contribution is -0.118. The SMILES string of the molecule is CC(C)=CCC/C(C)=C/CC/C(=C\CSc1coc(N(O)CCC(N)=O)n1)CC=C(C)C. The molecule has 6 nitrogen and oxygen atoms in total. The fourth-order valence-corrected chi connectivity index (χ4v) is 3.56. The van der Waals surface area contributed by atoms with Crippen molar-refractivity contribution in [3.8, 4) is 0 Å². The van der Waals surface area contributed by atoms with Gasteiger partial charge < -0.3 is 10.2 Å². The summed E-state index contributed by atoms with van der Waals surface area (Å²) in [5.74, 6) is 0.283. The molecule has 0 atom stereocenters. The van der Waals surface area contributed by atoms with E-state index in [1.165, 1.54) is 28.6 Å². The molecule has 7 heteroatoms. The van der Waals surface area contributed by atoms with Crippen LogP contribution in [-0.2, 0) is 4.79 Å². The minimum Gasteiger partial charge on any atom is -0.429 e. The molecule has 1 aromatic heterocycles. The van der Waals surface area contributed by atoms with Crippen LogP contribution in [0.3, 0.4) is 0 Å². The van der Waals surface area contributed by atoms with Crippen molar-refractivity contribution in [3.63, 3.8) is 0 Å². The lowest BCUT2D eigenvalue weighted by atomic mass is 10.0. The van der Waals surface area contributed by atoms with Crippen LogP contribution in [0.25, 0.3) is 0 Å². The molecule has 0 unspecified atom stereocenters. The van der Waals surface area contributed by atoms with E-state index in [2.05, 4.69) is 63.9 Å². The first-order valence-electron chi connectivity index (χ1n) is 11.1. The second-order valence-electron chi connectivity index (χ2n) is 8.38. The number of nitrogens with two attached hydrogens (primary N) is 1. The van der Waals surface area contributed by atoms with Crippen molar-refractivity contribution in [3.05, 3.63) is 52.9 Å². The highest BCUT2D eigenvalue weighted by atomic mass is 32.2. The Labute approximate surface area is 197 Å². The summed E-state index contributed by atoms with van der Waals surface area (Å²) in [4.78, 5) is 15.1. The minimum absolute atomic E-state index is 0.0285. The smallest absolute Gasteiger partial charge is 0.322 e. The topological polar surface area (TPSA) is 92.6 Å². The zero-order chi connectivity index (χ0) is 23.9. The van der Waals surface area contributed by atoms with Crippen molar-refractivity contribution < 1.29 is 14.4 Å². The van der Waals surface area contributed by atoms with Crippen LogP contribution in [0.1, 0.15) is 73.1 Å². The number of carbonyl (C=O) groups excluding carboxylic acids is 1. The number of nitrogens with zero attached hydrogens (tertiary/aromatic N) is 2. The van der Waals surface area contributed by atoms with Crippen LogP contribution in [0.5, 0.6) is 0 Å². The normalized spacial score (nSPS) is 11.9. The summed E-state index contributed by atoms with van der Waals surface area (Å²) < 4.78 is 5.28. The van der Waals surface area contributed by atoms with Crippen molar-refractivity contribution in [1.82, 2.24) is 4.98 Å². The second kappa shape index (κ2) is 15.5. The molecule has 32 heavy (non-hydrogen) atoms. The number of aromatic nitrogens is 1. The fraction of sp³-hybridized carbons (Fsp3) is 0.520. The van der Waals surface area contributed by atoms with E-state index in [1.807, 2.05) is 0 Å². The second-order valence-corrected chi connectivity index (χ2v) is 9.42. The van der Waals surface area contributed by atoms with Gasteiger partial charge in [-0.2, -0.15) is 4.98 Å². The molecule has 0 saturated heterocycles. The maximum Gasteiger partial charge on any atom is 0.322 e. The van der Waals surface area contributed by atoms with Crippen LogP contribution in [-0.4, -0.2) is 28.4 Å². The van der Waals surface area contributed by atoms with Gasteiger partial charge in [0.15, 0.2) is 0 Å². The summed E-state index contributed by atoms with van der Waals surface area (Å²) in [7, 11) is 0. The zero-order valence-electron chi connectivity index (χ0n) is 20.2. The standard InChI is InChI=1S/C25H39N3O3S/c1-19(2)8-6-9-21(5)10-7-11-22(13-12-20(3)4)15-17-32-24-18-31-25(27-24)28(30)16-14-23(26)29/h8,10,12,15,18,30H,6-7,9,11,13-14,16-17H2,1-5H3,(H2,26,29)/b21-10+,22-15+. The molecular weight excluding hydrogens is 422 g/mol. The third kappa shape index (κ3) is 13.2. The van der Waals surface area contributed by atoms with Crippen molar-refractivity contribution in [2.24, 2.45) is 5.73 Å². The fourth-order valence-electron chi connectivity index (χ4n) is 2.81. The third-order valence-corrected chi connectivity index (χ3v) is 5.50. The number of primary amides is 1. The monoisotopic (exact) mass is 461 g/mol. The summed E-state index contributed by atoms with van der Waals surface area (Å²) in [5.41, 5.74) is 10.6. The predicted molar refractivity (Wildman–Crippen MR) is 134 cm³/mol.